The number of nitrogens with one attached hydrogen (secondary N) is 1. The Morgan fingerprint density at radius 2 is 2.12 bits per heavy atom. The number of halogens is 1. The van der Waals surface area contributed by atoms with Crippen molar-refractivity contribution in [1.29, 1.82) is 0 Å². The van der Waals surface area contributed by atoms with E-state index in [2.05, 4.69) is 5.32 Å². The van der Waals surface area contributed by atoms with Crippen molar-refractivity contribution in [2.24, 2.45) is 0 Å². The maximum absolute atomic E-state index is 11.4. The van der Waals surface area contributed by atoms with Crippen LogP contribution in [0.25, 0.3) is 11.0 Å². The molecular formula is C13H14ClNO2. The van der Waals surface area contributed by atoms with E-state index < -0.39 is 5.54 Å². The number of alkyl halides is 1. The first-order valence-electron chi connectivity index (χ1n) is 5.38. The summed E-state index contributed by atoms with van der Waals surface area (Å²) < 4.78 is 5.47. The SMILES string of the molecule is CC(C)(NC(=O)CCl)c1coc2ccccc12. The first kappa shape index (κ1) is 12.0. The molecule has 1 aromatic carbocycles. The van der Waals surface area contributed by atoms with Gasteiger partial charge in [0.25, 0.3) is 0 Å². The van der Waals surface area contributed by atoms with E-state index >= 15 is 0 Å². The smallest absolute Gasteiger partial charge is 0.235 e. The van der Waals surface area contributed by atoms with Crippen molar-refractivity contribution in [2.45, 2.75) is 19.4 Å². The first-order valence-corrected chi connectivity index (χ1v) is 5.92. The molecule has 0 atom stereocenters. The van der Waals surface area contributed by atoms with Crippen molar-refractivity contribution >= 4 is 28.5 Å². The minimum Gasteiger partial charge on any atom is -0.464 e. The molecule has 0 saturated heterocycles. The summed E-state index contributed by atoms with van der Waals surface area (Å²) in [4.78, 5) is 11.4. The van der Waals surface area contributed by atoms with E-state index in [0.717, 1.165) is 16.5 Å². The predicted octanol–water partition coefficient (Wildman–Crippen LogP) is 3.02. The van der Waals surface area contributed by atoms with Crippen molar-refractivity contribution in [3.63, 3.8) is 0 Å². The van der Waals surface area contributed by atoms with Gasteiger partial charge in [-0.25, -0.2) is 0 Å². The number of rotatable bonds is 3. The van der Waals surface area contributed by atoms with Gasteiger partial charge in [0.05, 0.1) is 11.8 Å². The van der Waals surface area contributed by atoms with Crippen molar-refractivity contribution < 1.29 is 9.21 Å². The fourth-order valence-electron chi connectivity index (χ4n) is 1.91. The minimum atomic E-state index is -0.501. The van der Waals surface area contributed by atoms with Crippen molar-refractivity contribution in [1.82, 2.24) is 5.32 Å². The van der Waals surface area contributed by atoms with Crippen LogP contribution in [0.1, 0.15) is 19.4 Å². The Hall–Kier alpha value is -1.48. The molecule has 0 fully saturated rings. The lowest BCUT2D eigenvalue weighted by Gasteiger charge is -2.25. The van der Waals surface area contributed by atoms with Crippen molar-refractivity contribution in [2.75, 3.05) is 5.88 Å². The molecule has 0 aliphatic rings. The van der Waals surface area contributed by atoms with Crippen molar-refractivity contribution in [3.05, 3.63) is 36.1 Å². The monoisotopic (exact) mass is 251 g/mol. The minimum absolute atomic E-state index is 0.0424. The number of furan rings is 1. The molecule has 4 heteroatoms. The third kappa shape index (κ3) is 2.29. The Morgan fingerprint density at radius 1 is 1.41 bits per heavy atom. The second-order valence-electron chi connectivity index (χ2n) is 4.45. The second-order valence-corrected chi connectivity index (χ2v) is 4.72. The maximum atomic E-state index is 11.4. The second kappa shape index (κ2) is 4.41. The number of carbonyl (C=O) groups excluding carboxylic acids is 1. The van der Waals surface area contributed by atoms with Crippen LogP contribution >= 0.6 is 11.6 Å². The van der Waals surface area contributed by atoms with Crippen LogP contribution in [-0.2, 0) is 10.3 Å². The highest BCUT2D eigenvalue weighted by molar-refractivity contribution is 6.27. The standard InChI is InChI=1S/C13H14ClNO2/c1-13(2,15-12(16)7-14)10-8-17-11-6-4-3-5-9(10)11/h3-6,8H,7H2,1-2H3,(H,15,16). The normalized spacial score (nSPS) is 11.7. The third-order valence-electron chi connectivity index (χ3n) is 2.73. The van der Waals surface area contributed by atoms with Crippen LogP contribution in [-0.4, -0.2) is 11.8 Å². The van der Waals surface area contributed by atoms with Crippen LogP contribution in [0.2, 0.25) is 0 Å². The van der Waals surface area contributed by atoms with Gasteiger partial charge in [0, 0.05) is 10.9 Å². The fraction of sp³-hybridized carbons (Fsp3) is 0.308. The van der Waals surface area contributed by atoms with Gasteiger partial charge in [-0.2, -0.15) is 0 Å². The fourth-order valence-corrected chi connectivity index (χ4v) is 1.98. The first-order chi connectivity index (χ1) is 8.04. The number of amides is 1. The Kier molecular flexibility index (Phi) is 3.11. The molecule has 1 N–H and O–H groups in total. The maximum Gasteiger partial charge on any atom is 0.235 e. The van der Waals surface area contributed by atoms with Gasteiger partial charge in [-0.3, -0.25) is 4.79 Å². The average molecular weight is 252 g/mol. The van der Waals surface area contributed by atoms with Crippen LogP contribution in [0.15, 0.2) is 34.9 Å². The topological polar surface area (TPSA) is 42.2 Å². The van der Waals surface area contributed by atoms with Crippen LogP contribution in [0.4, 0.5) is 0 Å². The van der Waals surface area contributed by atoms with E-state index in [1.807, 2.05) is 38.1 Å². The summed E-state index contributed by atoms with van der Waals surface area (Å²) in [5.74, 6) is -0.235. The molecule has 0 radical (unpaired) electrons. The molecule has 0 unspecified atom stereocenters. The predicted molar refractivity (Wildman–Crippen MR) is 68.1 cm³/mol. The molecule has 2 rings (SSSR count). The largest absolute Gasteiger partial charge is 0.464 e. The molecule has 0 aliphatic carbocycles. The lowest BCUT2D eigenvalue weighted by molar-refractivity contribution is -0.120. The molecule has 0 aliphatic heterocycles. The lowest BCUT2D eigenvalue weighted by atomic mass is 9.94. The molecule has 0 saturated carbocycles. The number of para-hydroxylation sites is 1. The number of hydrogen-bond donors (Lipinski definition) is 1. The quantitative estimate of drug-likeness (QED) is 0.852. The van der Waals surface area contributed by atoms with E-state index in [1.165, 1.54) is 0 Å². The Labute approximate surface area is 105 Å². The molecular weight excluding hydrogens is 238 g/mol. The molecule has 1 amide bonds. The van der Waals surface area contributed by atoms with Crippen LogP contribution in [0, 0.1) is 0 Å². The summed E-state index contributed by atoms with van der Waals surface area (Å²) in [5, 5.41) is 3.88. The highest BCUT2D eigenvalue weighted by Crippen LogP contribution is 2.30. The van der Waals surface area contributed by atoms with Crippen LogP contribution in [0.5, 0.6) is 0 Å². The van der Waals surface area contributed by atoms with Gasteiger partial charge < -0.3 is 9.73 Å². The Morgan fingerprint density at radius 3 is 2.82 bits per heavy atom. The van der Waals surface area contributed by atoms with E-state index in [9.17, 15) is 4.79 Å². The average Bonchev–Trinajstić information content (AvgIpc) is 2.72. The number of hydrogen-bond acceptors (Lipinski definition) is 2. The summed E-state index contributed by atoms with van der Waals surface area (Å²) in [6, 6.07) is 7.74. The highest BCUT2D eigenvalue weighted by Gasteiger charge is 2.26. The summed E-state index contributed by atoms with van der Waals surface area (Å²) in [7, 11) is 0. The molecule has 0 spiro atoms. The molecule has 1 aromatic heterocycles. The lowest BCUT2D eigenvalue weighted by Crippen LogP contribution is -2.41. The van der Waals surface area contributed by atoms with Crippen LogP contribution < -0.4 is 5.32 Å². The molecule has 1 heterocycles. The van der Waals surface area contributed by atoms with Gasteiger partial charge in [-0.15, -0.1) is 11.6 Å². The summed E-state index contributed by atoms with van der Waals surface area (Å²) >= 11 is 5.50. The summed E-state index contributed by atoms with van der Waals surface area (Å²) in [5.41, 5.74) is 1.26. The van der Waals surface area contributed by atoms with E-state index in [1.54, 1.807) is 6.26 Å². The van der Waals surface area contributed by atoms with Crippen molar-refractivity contribution in [3.8, 4) is 0 Å². The highest BCUT2D eigenvalue weighted by atomic mass is 35.5. The zero-order chi connectivity index (χ0) is 12.5. The van der Waals surface area contributed by atoms with Gasteiger partial charge in [0.15, 0.2) is 0 Å². The van der Waals surface area contributed by atoms with E-state index in [4.69, 9.17) is 16.0 Å². The molecule has 0 bridgehead atoms. The molecule has 2 aromatic rings. The number of benzene rings is 1. The van der Waals surface area contributed by atoms with E-state index in [-0.39, 0.29) is 11.8 Å². The number of fused-ring (bicyclic) bond motifs is 1. The molecule has 3 nitrogen and oxygen atoms in total. The summed E-state index contributed by atoms with van der Waals surface area (Å²) in [6.07, 6.45) is 1.68. The van der Waals surface area contributed by atoms with E-state index in [0.29, 0.717) is 0 Å². The Bertz CT molecular complexity index is 545. The molecule has 17 heavy (non-hydrogen) atoms. The Balaban J connectivity index is 2.41. The van der Waals surface area contributed by atoms with Gasteiger partial charge in [0.1, 0.15) is 11.5 Å². The van der Waals surface area contributed by atoms with Crippen LogP contribution in [0.3, 0.4) is 0 Å². The van der Waals surface area contributed by atoms with Gasteiger partial charge >= 0.3 is 0 Å². The number of carbonyl (C=O) groups is 1. The zero-order valence-corrected chi connectivity index (χ0v) is 10.5. The van der Waals surface area contributed by atoms with Gasteiger partial charge in [0.2, 0.25) is 5.91 Å². The third-order valence-corrected chi connectivity index (χ3v) is 2.97. The summed E-state index contributed by atoms with van der Waals surface area (Å²) in [6.45, 7) is 3.85. The van der Waals surface area contributed by atoms with Gasteiger partial charge in [-0.1, -0.05) is 18.2 Å². The van der Waals surface area contributed by atoms with Gasteiger partial charge in [-0.05, 0) is 19.9 Å². The molecule has 90 valence electrons. The zero-order valence-electron chi connectivity index (χ0n) is 9.79.